The first-order chi connectivity index (χ1) is 8.40. The molecule has 2 rings (SSSR count). The smallest absolute Gasteiger partial charge is 0.306 e. The van der Waals surface area contributed by atoms with Crippen molar-refractivity contribution in [1.29, 1.82) is 0 Å². The molecule has 4 heteroatoms. The molecule has 0 aromatic rings. The summed E-state index contributed by atoms with van der Waals surface area (Å²) in [5, 5.41) is 12.0. The van der Waals surface area contributed by atoms with Gasteiger partial charge < -0.3 is 10.4 Å². The van der Waals surface area contributed by atoms with Gasteiger partial charge >= 0.3 is 5.97 Å². The molecule has 0 saturated heterocycles. The normalized spacial score (nSPS) is 33.8. The van der Waals surface area contributed by atoms with Crippen LogP contribution in [0.4, 0.5) is 0 Å². The summed E-state index contributed by atoms with van der Waals surface area (Å²) >= 11 is 0. The van der Waals surface area contributed by atoms with Gasteiger partial charge in [0.05, 0.1) is 5.92 Å². The van der Waals surface area contributed by atoms with Gasteiger partial charge in [0.1, 0.15) is 0 Å². The third kappa shape index (κ3) is 3.03. The van der Waals surface area contributed by atoms with Gasteiger partial charge in [0, 0.05) is 12.5 Å². The molecule has 0 aromatic carbocycles. The van der Waals surface area contributed by atoms with Crippen LogP contribution in [0.15, 0.2) is 0 Å². The van der Waals surface area contributed by atoms with Gasteiger partial charge in [0.2, 0.25) is 5.91 Å². The van der Waals surface area contributed by atoms with E-state index in [4.69, 9.17) is 5.11 Å². The van der Waals surface area contributed by atoms with Crippen LogP contribution < -0.4 is 5.32 Å². The second-order valence-corrected chi connectivity index (χ2v) is 6.53. The molecular weight excluding hydrogens is 230 g/mol. The lowest BCUT2D eigenvalue weighted by atomic mass is 9.81. The van der Waals surface area contributed by atoms with E-state index in [9.17, 15) is 9.59 Å². The van der Waals surface area contributed by atoms with Crippen LogP contribution >= 0.6 is 0 Å². The number of hydrogen-bond donors (Lipinski definition) is 2. The lowest BCUT2D eigenvalue weighted by Crippen LogP contribution is -2.36. The molecule has 0 radical (unpaired) electrons. The van der Waals surface area contributed by atoms with Crippen LogP contribution in [0, 0.1) is 23.2 Å². The average Bonchev–Trinajstić information content (AvgIpc) is 2.94. The highest BCUT2D eigenvalue weighted by atomic mass is 16.4. The summed E-state index contributed by atoms with van der Waals surface area (Å²) in [6, 6.07) is 0. The minimum Gasteiger partial charge on any atom is -0.481 e. The maximum absolute atomic E-state index is 12.0. The number of aliphatic carboxylic acids is 1. The Balaban J connectivity index is 1.76. The Labute approximate surface area is 108 Å². The van der Waals surface area contributed by atoms with E-state index in [2.05, 4.69) is 19.2 Å². The molecule has 2 aliphatic rings. The zero-order chi connectivity index (χ0) is 13.3. The first kappa shape index (κ1) is 13.4. The summed E-state index contributed by atoms with van der Waals surface area (Å²) in [6.07, 6.45) is 4.09. The second-order valence-electron chi connectivity index (χ2n) is 6.53. The van der Waals surface area contributed by atoms with E-state index in [0.717, 1.165) is 25.8 Å². The Kier molecular flexibility index (Phi) is 3.64. The largest absolute Gasteiger partial charge is 0.481 e. The van der Waals surface area contributed by atoms with E-state index >= 15 is 0 Å². The molecule has 2 saturated carbocycles. The molecule has 0 aromatic heterocycles. The Hall–Kier alpha value is -1.06. The highest BCUT2D eigenvalue weighted by Gasteiger charge is 2.45. The highest BCUT2D eigenvalue weighted by Crippen LogP contribution is 2.51. The number of carbonyl (C=O) groups excluding carboxylic acids is 1. The van der Waals surface area contributed by atoms with Crippen molar-refractivity contribution in [3.8, 4) is 0 Å². The Morgan fingerprint density at radius 2 is 1.89 bits per heavy atom. The minimum atomic E-state index is -0.754. The molecule has 2 fully saturated rings. The molecule has 0 bridgehead atoms. The number of carboxylic acids is 1. The summed E-state index contributed by atoms with van der Waals surface area (Å²) in [4.78, 5) is 23.0. The van der Waals surface area contributed by atoms with Crippen molar-refractivity contribution < 1.29 is 14.7 Å². The number of rotatable bonds is 4. The first-order valence-electron chi connectivity index (χ1n) is 6.90. The molecule has 18 heavy (non-hydrogen) atoms. The molecule has 2 aliphatic carbocycles. The van der Waals surface area contributed by atoms with Gasteiger partial charge in [-0.1, -0.05) is 20.3 Å². The fourth-order valence-electron chi connectivity index (χ4n) is 2.94. The third-order valence-corrected chi connectivity index (χ3v) is 4.63. The Morgan fingerprint density at radius 3 is 2.44 bits per heavy atom. The Morgan fingerprint density at radius 1 is 1.28 bits per heavy atom. The van der Waals surface area contributed by atoms with Crippen molar-refractivity contribution in [3.63, 3.8) is 0 Å². The summed E-state index contributed by atoms with van der Waals surface area (Å²) in [7, 11) is 0. The lowest BCUT2D eigenvalue weighted by molar-refractivity contribution is -0.144. The summed E-state index contributed by atoms with van der Waals surface area (Å²) in [5.41, 5.74) is 0.378. The van der Waals surface area contributed by atoms with Gasteiger partial charge in [-0.3, -0.25) is 9.59 Å². The lowest BCUT2D eigenvalue weighted by Gasteiger charge is -2.25. The van der Waals surface area contributed by atoms with E-state index in [1.807, 2.05) is 0 Å². The number of carboxylic acid groups (broad SMARTS) is 1. The van der Waals surface area contributed by atoms with E-state index in [1.54, 1.807) is 0 Å². The van der Waals surface area contributed by atoms with Crippen molar-refractivity contribution in [1.82, 2.24) is 5.32 Å². The zero-order valence-electron chi connectivity index (χ0n) is 11.2. The molecule has 3 atom stereocenters. The van der Waals surface area contributed by atoms with Crippen LogP contribution in [-0.4, -0.2) is 23.5 Å². The van der Waals surface area contributed by atoms with Crippen LogP contribution in [0.5, 0.6) is 0 Å². The van der Waals surface area contributed by atoms with Gasteiger partial charge in [-0.25, -0.2) is 0 Å². The van der Waals surface area contributed by atoms with Crippen LogP contribution in [0.1, 0.15) is 46.0 Å². The van der Waals surface area contributed by atoms with Crippen molar-refractivity contribution in [3.05, 3.63) is 0 Å². The fraction of sp³-hybridized carbons (Fsp3) is 0.857. The molecule has 0 heterocycles. The summed E-state index contributed by atoms with van der Waals surface area (Å²) < 4.78 is 0. The predicted octanol–water partition coefficient (Wildman–Crippen LogP) is 2.04. The average molecular weight is 253 g/mol. The molecule has 0 spiro atoms. The van der Waals surface area contributed by atoms with Crippen LogP contribution in [0.3, 0.4) is 0 Å². The van der Waals surface area contributed by atoms with Crippen molar-refractivity contribution in [2.24, 2.45) is 23.2 Å². The summed E-state index contributed by atoms with van der Waals surface area (Å²) in [6.45, 7) is 5.18. The fourth-order valence-corrected chi connectivity index (χ4v) is 2.94. The molecule has 2 N–H and O–H groups in total. The van der Waals surface area contributed by atoms with Gasteiger partial charge in [-0.15, -0.1) is 0 Å². The number of amides is 1. The van der Waals surface area contributed by atoms with Gasteiger partial charge in [-0.05, 0) is 37.0 Å². The van der Waals surface area contributed by atoms with Crippen molar-refractivity contribution in [2.45, 2.75) is 46.0 Å². The van der Waals surface area contributed by atoms with Crippen molar-refractivity contribution >= 4 is 11.9 Å². The van der Waals surface area contributed by atoms with Gasteiger partial charge in [0.25, 0.3) is 0 Å². The van der Waals surface area contributed by atoms with Crippen LogP contribution in [0.25, 0.3) is 0 Å². The summed E-state index contributed by atoms with van der Waals surface area (Å²) in [5.74, 6) is -0.520. The highest BCUT2D eigenvalue weighted by molar-refractivity contribution is 5.80. The topological polar surface area (TPSA) is 66.4 Å². The standard InChI is InChI=1S/C14H23NO3/c1-14(2)7-11(14)8-15-12(16)9-4-3-5-10(6-9)13(17)18/h9-11H,3-8H2,1-2H3,(H,15,16)(H,17,18). The zero-order valence-corrected chi connectivity index (χ0v) is 11.2. The first-order valence-corrected chi connectivity index (χ1v) is 6.90. The number of hydrogen-bond acceptors (Lipinski definition) is 2. The number of carbonyl (C=O) groups is 2. The molecule has 1 amide bonds. The predicted molar refractivity (Wildman–Crippen MR) is 68.0 cm³/mol. The van der Waals surface area contributed by atoms with Crippen LogP contribution in [-0.2, 0) is 9.59 Å². The molecule has 102 valence electrons. The maximum Gasteiger partial charge on any atom is 0.306 e. The van der Waals surface area contributed by atoms with Gasteiger partial charge in [-0.2, -0.15) is 0 Å². The number of nitrogens with one attached hydrogen (secondary N) is 1. The molecule has 4 nitrogen and oxygen atoms in total. The second kappa shape index (κ2) is 4.90. The monoisotopic (exact) mass is 253 g/mol. The Bertz CT molecular complexity index is 351. The molecule has 0 aliphatic heterocycles. The van der Waals surface area contributed by atoms with E-state index in [-0.39, 0.29) is 17.7 Å². The minimum absolute atomic E-state index is 0.0589. The van der Waals surface area contributed by atoms with Crippen molar-refractivity contribution in [2.75, 3.05) is 6.54 Å². The maximum atomic E-state index is 12.0. The van der Waals surface area contributed by atoms with E-state index in [1.165, 1.54) is 6.42 Å². The van der Waals surface area contributed by atoms with Gasteiger partial charge in [0.15, 0.2) is 0 Å². The SMILES string of the molecule is CC1(C)CC1CNC(=O)C1CCCC(C(=O)O)C1. The molecule has 3 unspecified atom stereocenters. The van der Waals surface area contributed by atoms with Crippen LogP contribution in [0.2, 0.25) is 0 Å². The van der Waals surface area contributed by atoms with E-state index < -0.39 is 5.97 Å². The quantitative estimate of drug-likeness (QED) is 0.805. The third-order valence-electron chi connectivity index (χ3n) is 4.63. The van der Waals surface area contributed by atoms with E-state index in [0.29, 0.717) is 17.8 Å². The molecular formula is C14H23NO3.